The van der Waals surface area contributed by atoms with E-state index < -0.39 is 29.2 Å². The maximum atomic E-state index is 13.4. The van der Waals surface area contributed by atoms with Crippen molar-refractivity contribution in [3.05, 3.63) is 71.7 Å². The molecule has 6 nitrogen and oxygen atoms in total. The van der Waals surface area contributed by atoms with Crippen molar-refractivity contribution in [2.24, 2.45) is 0 Å². The largest absolute Gasteiger partial charge is 0.418 e. The summed E-state index contributed by atoms with van der Waals surface area (Å²) in [5.74, 6) is 0.0487. The molecule has 4 heterocycles. The molecule has 33 heavy (non-hydrogen) atoms. The molecule has 4 aromatic rings. The van der Waals surface area contributed by atoms with E-state index in [1.165, 1.54) is 24.4 Å². The van der Waals surface area contributed by atoms with Gasteiger partial charge in [-0.1, -0.05) is 0 Å². The van der Waals surface area contributed by atoms with Crippen LogP contribution in [-0.2, 0) is 12.4 Å². The van der Waals surface area contributed by atoms with Crippen molar-refractivity contribution < 1.29 is 26.3 Å². The van der Waals surface area contributed by atoms with E-state index in [1.54, 1.807) is 0 Å². The summed E-state index contributed by atoms with van der Waals surface area (Å²) < 4.78 is 78.3. The van der Waals surface area contributed by atoms with Crippen LogP contribution in [0.3, 0.4) is 0 Å². The summed E-state index contributed by atoms with van der Waals surface area (Å²) in [7, 11) is 0. The van der Waals surface area contributed by atoms with Gasteiger partial charge in [-0.25, -0.2) is 15.0 Å². The summed E-state index contributed by atoms with van der Waals surface area (Å²) in [6.07, 6.45) is -7.38. The Morgan fingerprint density at radius 2 is 1.67 bits per heavy atom. The fourth-order valence-corrected chi connectivity index (χ4v) is 3.01. The van der Waals surface area contributed by atoms with Gasteiger partial charge in [0, 0.05) is 17.8 Å². The summed E-state index contributed by atoms with van der Waals surface area (Å²) in [5, 5.41) is 12.4. The Hall–Kier alpha value is -4.27. The number of aromatic nitrogens is 4. The van der Waals surface area contributed by atoms with Crippen molar-refractivity contribution >= 4 is 22.5 Å². The van der Waals surface area contributed by atoms with Gasteiger partial charge in [-0.15, -0.1) is 0 Å². The number of pyridine rings is 4. The molecular formula is C21H10F6N6. The lowest BCUT2D eigenvalue weighted by molar-refractivity contribution is -0.138. The van der Waals surface area contributed by atoms with Crippen LogP contribution in [0.25, 0.3) is 22.4 Å². The Morgan fingerprint density at radius 3 is 2.30 bits per heavy atom. The minimum absolute atomic E-state index is 0.0487. The molecule has 166 valence electrons. The number of hydrogen-bond acceptors (Lipinski definition) is 6. The summed E-state index contributed by atoms with van der Waals surface area (Å²) >= 11 is 0. The fraction of sp³-hybridized carbons (Fsp3) is 0.0952. The highest BCUT2D eigenvalue weighted by Crippen LogP contribution is 2.36. The first-order valence-corrected chi connectivity index (χ1v) is 9.11. The van der Waals surface area contributed by atoms with Crippen molar-refractivity contribution in [3.63, 3.8) is 0 Å². The number of alkyl halides is 6. The third-order valence-corrected chi connectivity index (χ3v) is 4.50. The van der Waals surface area contributed by atoms with Crippen molar-refractivity contribution in [3.8, 4) is 17.5 Å². The maximum absolute atomic E-state index is 13.4. The minimum Gasteiger partial charge on any atom is -0.340 e. The maximum Gasteiger partial charge on any atom is 0.418 e. The summed E-state index contributed by atoms with van der Waals surface area (Å²) in [6, 6.07) is 9.83. The van der Waals surface area contributed by atoms with Crippen LogP contribution in [-0.4, -0.2) is 19.9 Å². The Balaban J connectivity index is 1.79. The molecule has 0 radical (unpaired) electrons. The lowest BCUT2D eigenvalue weighted by Crippen LogP contribution is -2.09. The highest BCUT2D eigenvalue weighted by Gasteiger charge is 2.34. The van der Waals surface area contributed by atoms with Crippen LogP contribution < -0.4 is 5.32 Å². The van der Waals surface area contributed by atoms with Gasteiger partial charge in [0.2, 0.25) is 0 Å². The molecule has 0 spiro atoms. The highest BCUT2D eigenvalue weighted by atomic mass is 19.4. The molecule has 0 saturated heterocycles. The number of anilines is 2. The van der Waals surface area contributed by atoms with E-state index in [9.17, 15) is 31.6 Å². The molecule has 0 amide bonds. The Kier molecular flexibility index (Phi) is 5.33. The average molecular weight is 460 g/mol. The Bertz CT molecular complexity index is 1370. The van der Waals surface area contributed by atoms with Gasteiger partial charge in [0.1, 0.15) is 23.3 Å². The number of nitrogens with one attached hydrogen (secondary N) is 1. The highest BCUT2D eigenvalue weighted by molar-refractivity contribution is 5.92. The van der Waals surface area contributed by atoms with E-state index in [4.69, 9.17) is 0 Å². The topological polar surface area (TPSA) is 87.4 Å². The number of nitriles is 1. The van der Waals surface area contributed by atoms with Crippen molar-refractivity contribution in [1.29, 1.82) is 5.26 Å². The SMILES string of the molecule is N#Cc1cc(Nc2ccc(C(F)(F)F)cn2)c2ccc(-c3ncccc3C(F)(F)F)nc2n1. The monoisotopic (exact) mass is 460 g/mol. The van der Waals surface area contributed by atoms with Crippen molar-refractivity contribution in [2.75, 3.05) is 5.32 Å². The van der Waals surface area contributed by atoms with Crippen molar-refractivity contribution in [2.45, 2.75) is 12.4 Å². The van der Waals surface area contributed by atoms with E-state index in [0.29, 0.717) is 11.6 Å². The van der Waals surface area contributed by atoms with E-state index >= 15 is 0 Å². The Morgan fingerprint density at radius 1 is 0.879 bits per heavy atom. The van der Waals surface area contributed by atoms with E-state index in [-0.39, 0.29) is 28.5 Å². The second kappa shape index (κ2) is 8.01. The molecule has 0 aromatic carbocycles. The second-order valence-corrected chi connectivity index (χ2v) is 6.69. The zero-order chi connectivity index (χ0) is 23.8. The number of hydrogen-bond donors (Lipinski definition) is 1. The average Bonchev–Trinajstić information content (AvgIpc) is 2.77. The number of halogens is 6. The standard InChI is InChI=1S/C21H10F6N6/c22-20(23,24)11-3-6-17(30-10-11)32-16-8-12(9-28)31-19-13(16)4-5-15(33-19)18-14(21(25,26)27)2-1-7-29-18/h1-8,10H,(H,30,31,32,33). The van der Waals surface area contributed by atoms with E-state index in [1.807, 2.05) is 6.07 Å². The van der Waals surface area contributed by atoms with Crippen LogP contribution in [0.1, 0.15) is 16.8 Å². The van der Waals surface area contributed by atoms with Gasteiger partial charge < -0.3 is 5.32 Å². The fourth-order valence-electron chi connectivity index (χ4n) is 3.01. The molecule has 0 bridgehead atoms. The third kappa shape index (κ3) is 4.52. The van der Waals surface area contributed by atoms with Gasteiger partial charge in [0.05, 0.1) is 22.5 Å². The lowest BCUT2D eigenvalue weighted by Gasteiger charge is -2.13. The van der Waals surface area contributed by atoms with Gasteiger partial charge in [0.25, 0.3) is 0 Å². The van der Waals surface area contributed by atoms with Gasteiger partial charge in [-0.3, -0.25) is 4.98 Å². The molecular weight excluding hydrogens is 450 g/mol. The van der Waals surface area contributed by atoms with Crippen LogP contribution >= 0.6 is 0 Å². The van der Waals surface area contributed by atoms with Gasteiger partial charge in [-0.05, 0) is 42.5 Å². The number of rotatable bonds is 3. The van der Waals surface area contributed by atoms with Gasteiger partial charge in [0.15, 0.2) is 5.65 Å². The summed E-state index contributed by atoms with van der Waals surface area (Å²) in [6.45, 7) is 0. The second-order valence-electron chi connectivity index (χ2n) is 6.69. The normalized spacial score (nSPS) is 11.9. The van der Waals surface area contributed by atoms with Crippen LogP contribution in [0.15, 0.2) is 54.9 Å². The van der Waals surface area contributed by atoms with E-state index in [2.05, 4.69) is 25.3 Å². The predicted molar refractivity (Wildman–Crippen MR) is 105 cm³/mol. The molecule has 4 rings (SSSR count). The zero-order valence-corrected chi connectivity index (χ0v) is 16.2. The molecule has 0 saturated carbocycles. The van der Waals surface area contributed by atoms with Crippen LogP contribution in [0.2, 0.25) is 0 Å². The zero-order valence-electron chi connectivity index (χ0n) is 16.2. The van der Waals surface area contributed by atoms with E-state index in [0.717, 1.165) is 24.3 Å². The molecule has 1 N–H and O–H groups in total. The van der Waals surface area contributed by atoms with Crippen LogP contribution in [0.4, 0.5) is 37.8 Å². The summed E-state index contributed by atoms with van der Waals surface area (Å²) in [4.78, 5) is 15.7. The molecule has 4 aromatic heterocycles. The van der Waals surface area contributed by atoms with Crippen LogP contribution in [0, 0.1) is 11.3 Å². The molecule has 0 atom stereocenters. The first-order chi connectivity index (χ1) is 15.6. The minimum atomic E-state index is -4.66. The first kappa shape index (κ1) is 21.9. The summed E-state index contributed by atoms with van der Waals surface area (Å²) in [5.41, 5.74) is -2.38. The quantitative estimate of drug-likeness (QED) is 0.393. The number of nitrogens with zero attached hydrogens (tertiary/aromatic N) is 5. The van der Waals surface area contributed by atoms with Gasteiger partial charge >= 0.3 is 12.4 Å². The predicted octanol–water partition coefficient (Wildman–Crippen LogP) is 5.74. The first-order valence-electron chi connectivity index (χ1n) is 9.11. The lowest BCUT2D eigenvalue weighted by atomic mass is 10.1. The molecule has 0 fully saturated rings. The van der Waals surface area contributed by atoms with Crippen molar-refractivity contribution in [1.82, 2.24) is 19.9 Å². The third-order valence-electron chi connectivity index (χ3n) is 4.50. The number of fused-ring (bicyclic) bond motifs is 1. The molecule has 0 unspecified atom stereocenters. The Labute approximate surface area is 181 Å². The molecule has 0 aliphatic carbocycles. The van der Waals surface area contributed by atoms with Gasteiger partial charge in [-0.2, -0.15) is 31.6 Å². The molecule has 12 heteroatoms. The molecule has 0 aliphatic rings. The van der Waals surface area contributed by atoms with Crippen LogP contribution in [0.5, 0.6) is 0 Å². The smallest absolute Gasteiger partial charge is 0.340 e. The molecule has 0 aliphatic heterocycles.